The smallest absolute Gasteiger partial charge is 0.304 e. The predicted octanol–water partition coefficient (Wildman–Crippen LogP) is 5.25. The van der Waals surface area contributed by atoms with Gasteiger partial charge in [-0.25, -0.2) is 0 Å². The van der Waals surface area contributed by atoms with Crippen LogP contribution >= 0.6 is 0 Å². The maximum absolute atomic E-state index is 11.3. The summed E-state index contributed by atoms with van der Waals surface area (Å²) in [6, 6.07) is 26.4. The number of hydrazine groups is 1. The summed E-state index contributed by atoms with van der Waals surface area (Å²) in [5, 5.41) is 10.5. The predicted molar refractivity (Wildman–Crippen MR) is 139 cm³/mol. The van der Waals surface area contributed by atoms with Crippen LogP contribution in [0.25, 0.3) is 10.9 Å². The molecule has 0 fully saturated rings. The number of aromatic nitrogens is 1. The lowest BCUT2D eigenvalue weighted by atomic mass is 10.0. The molecule has 182 valence electrons. The fraction of sp³-hybridized carbons (Fsp3) is 0.276. The van der Waals surface area contributed by atoms with E-state index in [0.717, 1.165) is 53.6 Å². The van der Waals surface area contributed by atoms with Crippen molar-refractivity contribution in [1.29, 1.82) is 0 Å². The topological polar surface area (TPSA) is 86.4 Å². The van der Waals surface area contributed by atoms with Crippen molar-refractivity contribution in [3.63, 3.8) is 0 Å². The number of aryl methyl sites for hydroxylation is 1. The van der Waals surface area contributed by atoms with E-state index in [0.29, 0.717) is 13.0 Å². The highest BCUT2D eigenvalue weighted by Gasteiger charge is 2.15. The molecule has 0 aliphatic rings. The molecule has 0 unspecified atom stereocenters. The van der Waals surface area contributed by atoms with Crippen LogP contribution in [-0.2, 0) is 24.2 Å². The minimum absolute atomic E-state index is 0.0607. The molecule has 0 aliphatic heterocycles. The molecule has 35 heavy (non-hydrogen) atoms. The van der Waals surface area contributed by atoms with Crippen molar-refractivity contribution in [1.82, 2.24) is 15.8 Å². The third-order valence-corrected chi connectivity index (χ3v) is 6.06. The quantitative estimate of drug-likeness (QED) is 0.149. The summed E-state index contributed by atoms with van der Waals surface area (Å²) in [7, 11) is 0. The van der Waals surface area contributed by atoms with Crippen LogP contribution in [-0.4, -0.2) is 28.6 Å². The zero-order valence-electron chi connectivity index (χ0n) is 19.9. The van der Waals surface area contributed by atoms with Crippen molar-refractivity contribution >= 4 is 16.9 Å². The highest BCUT2D eigenvalue weighted by molar-refractivity contribution is 5.83. The molecule has 0 aliphatic carbocycles. The van der Waals surface area contributed by atoms with Gasteiger partial charge in [-0.2, -0.15) is 0 Å². The van der Waals surface area contributed by atoms with E-state index in [1.54, 1.807) is 0 Å². The third-order valence-electron chi connectivity index (χ3n) is 6.06. The Bertz CT molecular complexity index is 1190. The van der Waals surface area contributed by atoms with Gasteiger partial charge in [-0.15, -0.1) is 0 Å². The Labute approximate surface area is 206 Å². The number of para-hydroxylation sites is 1. The van der Waals surface area contributed by atoms with Gasteiger partial charge >= 0.3 is 5.97 Å². The number of ether oxygens (including phenoxy) is 1. The van der Waals surface area contributed by atoms with E-state index in [1.165, 1.54) is 5.56 Å². The number of hydrogen-bond donors (Lipinski definition) is 4. The van der Waals surface area contributed by atoms with Crippen molar-refractivity contribution in [2.24, 2.45) is 0 Å². The molecular weight excluding hydrogens is 438 g/mol. The molecule has 0 spiro atoms. The van der Waals surface area contributed by atoms with E-state index >= 15 is 0 Å². The van der Waals surface area contributed by atoms with Crippen LogP contribution in [0.2, 0.25) is 0 Å². The van der Waals surface area contributed by atoms with Crippen LogP contribution in [0.5, 0.6) is 5.75 Å². The minimum atomic E-state index is -0.805. The molecule has 0 saturated heterocycles. The summed E-state index contributed by atoms with van der Waals surface area (Å²) < 4.78 is 5.85. The number of nitrogens with one attached hydrogen (secondary N) is 3. The van der Waals surface area contributed by atoms with Gasteiger partial charge in [0.25, 0.3) is 0 Å². The zero-order valence-corrected chi connectivity index (χ0v) is 19.9. The maximum Gasteiger partial charge on any atom is 0.304 e. The minimum Gasteiger partial charge on any atom is -0.489 e. The molecule has 6 nitrogen and oxygen atoms in total. The van der Waals surface area contributed by atoms with Gasteiger partial charge in [0.1, 0.15) is 12.4 Å². The van der Waals surface area contributed by atoms with Gasteiger partial charge < -0.3 is 14.8 Å². The molecule has 1 heterocycles. The van der Waals surface area contributed by atoms with Gasteiger partial charge in [0.15, 0.2) is 0 Å². The van der Waals surface area contributed by atoms with Crippen molar-refractivity contribution in [2.45, 2.75) is 44.8 Å². The van der Waals surface area contributed by atoms with Gasteiger partial charge in [-0.05, 0) is 60.6 Å². The second-order valence-electron chi connectivity index (χ2n) is 8.80. The summed E-state index contributed by atoms with van der Waals surface area (Å²) in [6.45, 7) is 1.35. The van der Waals surface area contributed by atoms with E-state index in [2.05, 4.69) is 46.2 Å². The monoisotopic (exact) mass is 471 g/mol. The first-order chi connectivity index (χ1) is 17.2. The number of fused-ring (bicyclic) bond motifs is 1. The number of H-pyrrole nitrogens is 1. The molecule has 0 amide bonds. The fourth-order valence-electron chi connectivity index (χ4n) is 4.20. The first kappa shape index (κ1) is 24.5. The summed E-state index contributed by atoms with van der Waals surface area (Å²) >= 11 is 0. The molecule has 0 radical (unpaired) electrons. The molecule has 4 aromatic rings. The van der Waals surface area contributed by atoms with E-state index < -0.39 is 5.97 Å². The van der Waals surface area contributed by atoms with E-state index in [-0.39, 0.29) is 12.5 Å². The summed E-state index contributed by atoms with van der Waals surface area (Å²) in [5.74, 6) is 0.0727. The molecule has 6 heteroatoms. The second-order valence-corrected chi connectivity index (χ2v) is 8.80. The average Bonchev–Trinajstić information content (AvgIpc) is 3.28. The van der Waals surface area contributed by atoms with Crippen LogP contribution in [0.4, 0.5) is 0 Å². The standard InChI is InChI=1S/C29H33N3O3/c33-29(34)19-25(18-24-20-30-28-12-5-4-11-27(24)28)32-31-17-7-6-8-22-13-15-26(16-14-22)35-21-23-9-2-1-3-10-23/h1-5,9-16,20,25,30-32H,6-8,17-19,21H2,(H,33,34)/t25-/m1/s1. The SMILES string of the molecule is O=C(O)C[C@@H](Cc1c[nH]c2ccccc12)NNCCCCc1ccc(OCc2ccccc2)cc1. The van der Waals surface area contributed by atoms with Crippen LogP contribution < -0.4 is 15.6 Å². The number of rotatable bonds is 14. The number of benzene rings is 3. The summed E-state index contributed by atoms with van der Waals surface area (Å²) in [5.41, 5.74) is 11.1. The lowest BCUT2D eigenvalue weighted by Gasteiger charge is -2.17. The average molecular weight is 472 g/mol. The first-order valence-electron chi connectivity index (χ1n) is 12.2. The molecule has 4 rings (SSSR count). The Hall–Kier alpha value is -3.61. The number of aliphatic carboxylic acids is 1. The first-order valence-corrected chi connectivity index (χ1v) is 12.2. The van der Waals surface area contributed by atoms with E-state index in [9.17, 15) is 9.90 Å². The van der Waals surface area contributed by atoms with Crippen LogP contribution in [0.1, 0.15) is 36.0 Å². The molecule has 0 saturated carbocycles. The Morgan fingerprint density at radius 3 is 2.49 bits per heavy atom. The van der Waals surface area contributed by atoms with Crippen molar-refractivity contribution < 1.29 is 14.6 Å². The van der Waals surface area contributed by atoms with Crippen LogP contribution in [0, 0.1) is 0 Å². The van der Waals surface area contributed by atoms with Gasteiger partial charge in [-0.1, -0.05) is 60.7 Å². The van der Waals surface area contributed by atoms with E-state index in [1.807, 2.05) is 54.7 Å². The summed E-state index contributed by atoms with van der Waals surface area (Å²) in [4.78, 5) is 14.6. The molecule has 1 atom stereocenters. The fourth-order valence-corrected chi connectivity index (χ4v) is 4.20. The number of carbonyl (C=O) groups is 1. The van der Waals surface area contributed by atoms with Crippen LogP contribution in [0.15, 0.2) is 85.1 Å². The van der Waals surface area contributed by atoms with Gasteiger partial charge in [0.2, 0.25) is 0 Å². The maximum atomic E-state index is 11.3. The Balaban J connectivity index is 1.15. The van der Waals surface area contributed by atoms with Gasteiger partial charge in [0.05, 0.1) is 6.42 Å². The molecular formula is C29H33N3O3. The molecule has 4 N–H and O–H groups in total. The Morgan fingerprint density at radius 2 is 1.69 bits per heavy atom. The van der Waals surface area contributed by atoms with Crippen molar-refractivity contribution in [2.75, 3.05) is 6.54 Å². The largest absolute Gasteiger partial charge is 0.489 e. The molecule has 3 aromatic carbocycles. The highest BCUT2D eigenvalue weighted by Crippen LogP contribution is 2.20. The highest BCUT2D eigenvalue weighted by atomic mass is 16.5. The van der Waals surface area contributed by atoms with Crippen molar-refractivity contribution in [3.8, 4) is 5.75 Å². The second kappa shape index (κ2) is 12.7. The number of hydrogen-bond acceptors (Lipinski definition) is 4. The lowest BCUT2D eigenvalue weighted by molar-refractivity contribution is -0.137. The van der Waals surface area contributed by atoms with Crippen molar-refractivity contribution in [3.05, 3.63) is 102 Å². The summed E-state index contributed by atoms with van der Waals surface area (Å²) in [6.07, 6.45) is 5.71. The lowest BCUT2D eigenvalue weighted by Crippen LogP contribution is -2.43. The third kappa shape index (κ3) is 7.70. The Morgan fingerprint density at radius 1 is 0.914 bits per heavy atom. The zero-order chi connectivity index (χ0) is 24.3. The number of aromatic amines is 1. The molecule has 1 aromatic heterocycles. The van der Waals surface area contributed by atoms with Gasteiger partial charge in [-0.3, -0.25) is 15.6 Å². The molecule has 0 bridgehead atoms. The van der Waals surface area contributed by atoms with E-state index in [4.69, 9.17) is 4.74 Å². The van der Waals surface area contributed by atoms with Crippen LogP contribution in [0.3, 0.4) is 0 Å². The normalized spacial score (nSPS) is 12.0. The Kier molecular flexibility index (Phi) is 8.92. The number of unbranched alkanes of at least 4 members (excludes halogenated alkanes) is 1. The van der Waals surface area contributed by atoms with Gasteiger partial charge in [0, 0.05) is 29.7 Å². The number of carboxylic acid groups (broad SMARTS) is 1. The number of carboxylic acids is 1.